The van der Waals surface area contributed by atoms with Crippen molar-refractivity contribution in [3.8, 4) is 0 Å². The predicted molar refractivity (Wildman–Crippen MR) is 37.1 cm³/mol. The third-order valence-electron chi connectivity index (χ3n) is 1.33. The molecule has 50 valence electrons. The Morgan fingerprint density at radius 3 is 2.90 bits per heavy atom. The average Bonchev–Trinajstić information content (AvgIpc) is 2.04. The van der Waals surface area contributed by atoms with Gasteiger partial charge in [-0.3, -0.25) is 4.79 Å². The molecule has 0 radical (unpaired) electrons. The van der Waals surface area contributed by atoms with Crippen LogP contribution in [0.2, 0.25) is 0 Å². The van der Waals surface area contributed by atoms with E-state index in [4.69, 9.17) is 0 Å². The van der Waals surface area contributed by atoms with Gasteiger partial charge in [0.15, 0.2) is 6.29 Å². The Labute approximate surface area is 58.5 Å². The first kappa shape index (κ1) is 6.72. The molecule has 1 rings (SSSR count). The first-order chi connectivity index (χ1) is 4.88. The van der Waals surface area contributed by atoms with Crippen LogP contribution in [-0.4, -0.2) is 12.2 Å². The summed E-state index contributed by atoms with van der Waals surface area (Å²) in [6.07, 6.45) is 6.37. The van der Waals surface area contributed by atoms with E-state index >= 15 is 0 Å². The maximum absolute atomic E-state index is 10.2. The van der Waals surface area contributed by atoms with Gasteiger partial charge in [-0.15, -0.1) is 0 Å². The zero-order valence-corrected chi connectivity index (χ0v) is 5.33. The number of carbonyl (C=O) groups excluding carboxylic acids is 2. The summed E-state index contributed by atoms with van der Waals surface area (Å²) in [5, 5.41) is 0. The van der Waals surface area contributed by atoms with Crippen molar-refractivity contribution in [1.29, 1.82) is 0 Å². The molecule has 0 atom stereocenters. The van der Waals surface area contributed by atoms with Crippen molar-refractivity contribution < 1.29 is 9.59 Å². The van der Waals surface area contributed by atoms with Crippen LogP contribution in [-0.2, 0) is 9.59 Å². The molecule has 2 heteroatoms. The number of rotatable bonds is 1. The second-order valence-corrected chi connectivity index (χ2v) is 1.95. The maximum atomic E-state index is 10.2. The van der Waals surface area contributed by atoms with Crippen LogP contribution in [0, 0.1) is 0 Å². The Hall–Kier alpha value is -1.40. The summed E-state index contributed by atoms with van der Waals surface area (Å²) >= 11 is 0. The molecule has 10 heavy (non-hydrogen) atoms. The van der Waals surface area contributed by atoms with Crippen molar-refractivity contribution in [2.24, 2.45) is 0 Å². The average molecular weight is 134 g/mol. The minimum Gasteiger partial charge on any atom is -0.298 e. The highest BCUT2D eigenvalue weighted by atomic mass is 16.1. The fourth-order valence-electron chi connectivity index (χ4n) is 0.787. The number of aldehydes is 1. The minimum atomic E-state index is 0.442. The van der Waals surface area contributed by atoms with Crippen LogP contribution in [0.1, 0.15) is 6.42 Å². The third kappa shape index (κ3) is 1.12. The maximum Gasteiger partial charge on any atom is 0.151 e. The van der Waals surface area contributed by atoms with Gasteiger partial charge >= 0.3 is 0 Å². The Kier molecular flexibility index (Phi) is 1.98. The minimum absolute atomic E-state index is 0.442. The van der Waals surface area contributed by atoms with Crippen LogP contribution in [0.5, 0.6) is 0 Å². The quantitative estimate of drug-likeness (QED) is 0.393. The summed E-state index contributed by atoms with van der Waals surface area (Å²) in [5.41, 5.74) is 0.884. The zero-order valence-electron chi connectivity index (χ0n) is 5.33. The van der Waals surface area contributed by atoms with Gasteiger partial charge < -0.3 is 0 Å². The van der Waals surface area contributed by atoms with Crippen molar-refractivity contribution in [2.75, 3.05) is 0 Å². The van der Waals surface area contributed by atoms with Gasteiger partial charge in [-0.1, -0.05) is 18.2 Å². The van der Waals surface area contributed by atoms with Crippen molar-refractivity contribution in [3.63, 3.8) is 0 Å². The zero-order chi connectivity index (χ0) is 7.40. The standard InChI is InChI=1S/C8H6O2/c9-5-7-3-1-2-4-8(7)6-10/h1-3,5H,4H2. The highest BCUT2D eigenvalue weighted by Gasteiger charge is 2.04. The molecule has 0 aromatic heterocycles. The second kappa shape index (κ2) is 2.95. The monoisotopic (exact) mass is 134 g/mol. The van der Waals surface area contributed by atoms with Gasteiger partial charge in [0.2, 0.25) is 0 Å². The summed E-state index contributed by atoms with van der Waals surface area (Å²) in [5.74, 6) is 1.72. The molecule has 0 bridgehead atoms. The van der Waals surface area contributed by atoms with Crippen LogP contribution in [0.4, 0.5) is 0 Å². The number of carbonyl (C=O) groups is 1. The van der Waals surface area contributed by atoms with E-state index in [1.54, 1.807) is 18.1 Å². The summed E-state index contributed by atoms with van der Waals surface area (Å²) in [6, 6.07) is 0. The molecule has 0 amide bonds. The van der Waals surface area contributed by atoms with E-state index in [0.717, 1.165) is 0 Å². The molecule has 2 nitrogen and oxygen atoms in total. The lowest BCUT2D eigenvalue weighted by Crippen LogP contribution is -1.93. The lowest BCUT2D eigenvalue weighted by Gasteiger charge is -2.00. The molecule has 0 aromatic carbocycles. The Bertz CT molecular complexity index is 252. The highest BCUT2D eigenvalue weighted by Crippen LogP contribution is 2.13. The summed E-state index contributed by atoms with van der Waals surface area (Å²) in [6.45, 7) is 0. The lowest BCUT2D eigenvalue weighted by atomic mass is 10.0. The van der Waals surface area contributed by atoms with Crippen molar-refractivity contribution in [1.82, 2.24) is 0 Å². The SMILES string of the molecule is O=C=C1CC=CC=C1C=O. The van der Waals surface area contributed by atoms with Gasteiger partial charge in [0.25, 0.3) is 0 Å². The Morgan fingerprint density at radius 2 is 2.40 bits per heavy atom. The molecule has 0 aromatic rings. The van der Waals surface area contributed by atoms with Gasteiger partial charge in [0.05, 0.1) is 5.57 Å². The van der Waals surface area contributed by atoms with E-state index in [-0.39, 0.29) is 0 Å². The molecule has 0 spiro atoms. The van der Waals surface area contributed by atoms with E-state index in [1.165, 1.54) is 0 Å². The van der Waals surface area contributed by atoms with Crippen molar-refractivity contribution >= 4 is 12.2 Å². The van der Waals surface area contributed by atoms with Gasteiger partial charge in [0, 0.05) is 12.0 Å². The molecule has 1 aliphatic rings. The molecule has 0 heterocycles. The third-order valence-corrected chi connectivity index (χ3v) is 1.33. The van der Waals surface area contributed by atoms with Crippen LogP contribution in [0.25, 0.3) is 0 Å². The highest BCUT2D eigenvalue weighted by molar-refractivity contribution is 5.86. The molecule has 0 unspecified atom stereocenters. The summed E-state index contributed by atoms with van der Waals surface area (Å²) < 4.78 is 0. The fraction of sp³-hybridized carbons (Fsp3) is 0.125. The largest absolute Gasteiger partial charge is 0.298 e. The topological polar surface area (TPSA) is 34.1 Å². The van der Waals surface area contributed by atoms with Gasteiger partial charge in [-0.25, -0.2) is 4.79 Å². The van der Waals surface area contributed by atoms with Crippen molar-refractivity contribution in [3.05, 3.63) is 29.4 Å². The lowest BCUT2D eigenvalue weighted by molar-refractivity contribution is -0.104. The predicted octanol–water partition coefficient (Wildman–Crippen LogP) is 0.830. The van der Waals surface area contributed by atoms with E-state index in [9.17, 15) is 9.59 Å². The molecule has 0 N–H and O–H groups in total. The van der Waals surface area contributed by atoms with Crippen LogP contribution in [0.3, 0.4) is 0 Å². The fourth-order valence-corrected chi connectivity index (χ4v) is 0.787. The molecule has 0 saturated heterocycles. The van der Waals surface area contributed by atoms with Crippen LogP contribution >= 0.6 is 0 Å². The number of allylic oxidation sites excluding steroid dienone is 5. The van der Waals surface area contributed by atoms with Gasteiger partial charge in [-0.05, 0) is 0 Å². The molecule has 0 aliphatic heterocycles. The molecular weight excluding hydrogens is 128 g/mol. The van der Waals surface area contributed by atoms with Crippen LogP contribution < -0.4 is 0 Å². The van der Waals surface area contributed by atoms with E-state index < -0.39 is 0 Å². The van der Waals surface area contributed by atoms with Gasteiger partial charge in [-0.2, -0.15) is 0 Å². The Morgan fingerprint density at radius 1 is 1.60 bits per heavy atom. The first-order valence-electron chi connectivity index (χ1n) is 2.95. The molecular formula is C8H6O2. The van der Waals surface area contributed by atoms with E-state index in [2.05, 4.69) is 0 Å². The normalized spacial score (nSPS) is 16.0. The number of hydrogen-bond donors (Lipinski definition) is 0. The van der Waals surface area contributed by atoms with Crippen molar-refractivity contribution in [2.45, 2.75) is 6.42 Å². The van der Waals surface area contributed by atoms with E-state index in [0.29, 0.717) is 23.9 Å². The smallest absolute Gasteiger partial charge is 0.151 e. The second-order valence-electron chi connectivity index (χ2n) is 1.95. The molecule has 0 saturated carbocycles. The van der Waals surface area contributed by atoms with Gasteiger partial charge in [0.1, 0.15) is 5.94 Å². The van der Waals surface area contributed by atoms with E-state index in [1.807, 2.05) is 6.08 Å². The summed E-state index contributed by atoms with van der Waals surface area (Å²) in [7, 11) is 0. The molecule has 1 aliphatic carbocycles. The Balaban J connectivity index is 3.02. The van der Waals surface area contributed by atoms with Crippen LogP contribution in [0.15, 0.2) is 29.4 Å². The number of hydrogen-bond acceptors (Lipinski definition) is 2. The summed E-state index contributed by atoms with van der Waals surface area (Å²) in [4.78, 5) is 20.4. The molecule has 0 fully saturated rings. The first-order valence-corrected chi connectivity index (χ1v) is 2.95.